The van der Waals surface area contributed by atoms with Gasteiger partial charge < -0.3 is 9.84 Å². The van der Waals surface area contributed by atoms with Gasteiger partial charge in [-0.2, -0.15) is 0 Å². The van der Waals surface area contributed by atoms with Crippen molar-refractivity contribution in [2.45, 2.75) is 0 Å². The average molecular weight is 361 g/mol. The molecule has 1 rings (SSSR count). The summed E-state index contributed by atoms with van der Waals surface area (Å²) in [5, 5.41) is 9.45. The van der Waals surface area contributed by atoms with Gasteiger partial charge in [0.25, 0.3) is 0 Å². The highest BCUT2D eigenvalue weighted by Crippen LogP contribution is 2.43. The Bertz CT molecular complexity index is 312. The molecule has 0 aliphatic carbocycles. The van der Waals surface area contributed by atoms with E-state index in [-0.39, 0.29) is 5.75 Å². The van der Waals surface area contributed by atoms with Crippen LogP contribution in [0.5, 0.6) is 11.5 Å². The number of hydrogen-bond acceptors (Lipinski definition) is 2. The standard InChI is InChI=1S/C7H5Br3O2/c1-12-7-4(9)2-3(8)6(11)5(7)10/h2,11H,1H3. The molecule has 2 nitrogen and oxygen atoms in total. The SMILES string of the molecule is COc1c(Br)cc(Br)c(O)c1Br. The Morgan fingerprint density at radius 1 is 1.25 bits per heavy atom. The van der Waals surface area contributed by atoms with Crippen molar-refractivity contribution in [1.82, 2.24) is 0 Å². The van der Waals surface area contributed by atoms with Crippen molar-refractivity contribution in [3.05, 3.63) is 19.5 Å². The van der Waals surface area contributed by atoms with Crippen LogP contribution in [-0.4, -0.2) is 12.2 Å². The maximum Gasteiger partial charge on any atom is 0.151 e. The van der Waals surface area contributed by atoms with Crippen LogP contribution in [0.3, 0.4) is 0 Å². The Labute approximate surface area is 95.3 Å². The monoisotopic (exact) mass is 358 g/mol. The van der Waals surface area contributed by atoms with Crippen molar-refractivity contribution in [3.8, 4) is 11.5 Å². The molecule has 0 aliphatic rings. The van der Waals surface area contributed by atoms with Crippen LogP contribution < -0.4 is 4.74 Å². The Morgan fingerprint density at radius 2 is 1.83 bits per heavy atom. The van der Waals surface area contributed by atoms with E-state index in [4.69, 9.17) is 4.74 Å². The molecule has 0 spiro atoms. The van der Waals surface area contributed by atoms with Crippen LogP contribution in [0.2, 0.25) is 0 Å². The third-order valence-electron chi connectivity index (χ3n) is 1.31. The van der Waals surface area contributed by atoms with Crippen LogP contribution in [0.1, 0.15) is 0 Å². The molecule has 0 amide bonds. The molecule has 0 saturated carbocycles. The lowest BCUT2D eigenvalue weighted by molar-refractivity contribution is 0.400. The zero-order chi connectivity index (χ0) is 9.30. The number of phenolic OH excluding ortho intramolecular Hbond substituents is 1. The largest absolute Gasteiger partial charge is 0.505 e. The van der Waals surface area contributed by atoms with Crippen LogP contribution >= 0.6 is 47.8 Å². The predicted molar refractivity (Wildman–Crippen MR) is 57.8 cm³/mol. The summed E-state index contributed by atoms with van der Waals surface area (Å²) in [6.45, 7) is 0. The molecule has 0 fully saturated rings. The number of benzene rings is 1. The summed E-state index contributed by atoms with van der Waals surface area (Å²) in [6.07, 6.45) is 0. The van der Waals surface area contributed by atoms with Gasteiger partial charge in [0.1, 0.15) is 10.2 Å². The lowest BCUT2D eigenvalue weighted by Crippen LogP contribution is -1.86. The maximum atomic E-state index is 9.45. The molecule has 0 heterocycles. The van der Waals surface area contributed by atoms with E-state index < -0.39 is 0 Å². The first-order chi connectivity index (χ1) is 5.57. The molecule has 0 radical (unpaired) electrons. The van der Waals surface area contributed by atoms with Crippen molar-refractivity contribution in [1.29, 1.82) is 0 Å². The first kappa shape index (κ1) is 10.3. The van der Waals surface area contributed by atoms with Crippen LogP contribution in [0.25, 0.3) is 0 Å². The normalized spacial score (nSPS) is 10.0. The Kier molecular flexibility index (Phi) is 3.43. The first-order valence-electron chi connectivity index (χ1n) is 2.98. The Morgan fingerprint density at radius 3 is 2.33 bits per heavy atom. The summed E-state index contributed by atoms with van der Waals surface area (Å²) in [6, 6.07) is 1.72. The van der Waals surface area contributed by atoms with Gasteiger partial charge in [-0.05, 0) is 53.9 Å². The average Bonchev–Trinajstić information content (AvgIpc) is 2.01. The third-order valence-corrected chi connectivity index (χ3v) is 3.24. The summed E-state index contributed by atoms with van der Waals surface area (Å²) in [5.41, 5.74) is 0. The minimum absolute atomic E-state index is 0.134. The molecule has 0 aromatic heterocycles. The van der Waals surface area contributed by atoms with Gasteiger partial charge in [-0.3, -0.25) is 0 Å². The molecule has 0 atom stereocenters. The summed E-state index contributed by atoms with van der Waals surface area (Å²) in [7, 11) is 1.54. The van der Waals surface area contributed by atoms with E-state index in [9.17, 15) is 5.11 Å². The summed E-state index contributed by atoms with van der Waals surface area (Å²) >= 11 is 9.70. The summed E-state index contributed by atoms with van der Waals surface area (Å²) < 4.78 is 6.96. The molecule has 5 heteroatoms. The van der Waals surface area contributed by atoms with Crippen molar-refractivity contribution < 1.29 is 9.84 Å². The first-order valence-corrected chi connectivity index (χ1v) is 5.36. The number of halogens is 3. The quantitative estimate of drug-likeness (QED) is 0.827. The molecule has 1 aromatic carbocycles. The molecular formula is C7H5Br3O2. The minimum atomic E-state index is 0.134. The Balaban J connectivity index is 3.40. The second kappa shape index (κ2) is 3.98. The van der Waals surface area contributed by atoms with E-state index in [1.54, 1.807) is 6.07 Å². The van der Waals surface area contributed by atoms with Gasteiger partial charge in [-0.15, -0.1) is 0 Å². The van der Waals surface area contributed by atoms with Crippen molar-refractivity contribution in [2.75, 3.05) is 7.11 Å². The number of hydrogen-bond donors (Lipinski definition) is 1. The van der Waals surface area contributed by atoms with Gasteiger partial charge in [-0.25, -0.2) is 0 Å². The molecule has 0 aliphatic heterocycles. The second-order valence-electron chi connectivity index (χ2n) is 2.04. The Hall–Kier alpha value is 0.260. The highest BCUT2D eigenvalue weighted by Gasteiger charge is 2.13. The van der Waals surface area contributed by atoms with E-state index in [0.717, 1.165) is 4.47 Å². The zero-order valence-corrected chi connectivity index (χ0v) is 10.8. The van der Waals surface area contributed by atoms with E-state index in [0.29, 0.717) is 14.7 Å². The van der Waals surface area contributed by atoms with Gasteiger partial charge in [0, 0.05) is 0 Å². The highest BCUT2D eigenvalue weighted by molar-refractivity contribution is 9.11. The fourth-order valence-corrected chi connectivity index (χ4v) is 3.19. The molecule has 0 unspecified atom stereocenters. The van der Waals surface area contributed by atoms with Crippen LogP contribution in [0, 0.1) is 0 Å². The molecule has 1 aromatic rings. The number of phenols is 1. The fraction of sp³-hybridized carbons (Fsp3) is 0.143. The third kappa shape index (κ3) is 1.78. The lowest BCUT2D eigenvalue weighted by Gasteiger charge is -2.08. The highest BCUT2D eigenvalue weighted by atomic mass is 79.9. The zero-order valence-electron chi connectivity index (χ0n) is 6.07. The van der Waals surface area contributed by atoms with Crippen molar-refractivity contribution in [2.24, 2.45) is 0 Å². The van der Waals surface area contributed by atoms with E-state index in [1.807, 2.05) is 0 Å². The molecule has 66 valence electrons. The van der Waals surface area contributed by atoms with Gasteiger partial charge in [0.15, 0.2) is 5.75 Å². The summed E-state index contributed by atoms with van der Waals surface area (Å²) in [5.74, 6) is 0.714. The number of ether oxygens (including phenoxy) is 1. The van der Waals surface area contributed by atoms with E-state index >= 15 is 0 Å². The number of methoxy groups -OCH3 is 1. The lowest BCUT2D eigenvalue weighted by atomic mass is 10.3. The summed E-state index contributed by atoms with van der Waals surface area (Å²) in [4.78, 5) is 0. The van der Waals surface area contributed by atoms with Gasteiger partial charge in [0.05, 0.1) is 16.1 Å². The van der Waals surface area contributed by atoms with Gasteiger partial charge in [-0.1, -0.05) is 0 Å². The molecule has 12 heavy (non-hydrogen) atoms. The van der Waals surface area contributed by atoms with Crippen LogP contribution in [-0.2, 0) is 0 Å². The fourth-order valence-electron chi connectivity index (χ4n) is 0.749. The van der Waals surface area contributed by atoms with E-state index in [1.165, 1.54) is 7.11 Å². The second-order valence-corrected chi connectivity index (χ2v) is 4.54. The molecule has 0 saturated heterocycles. The maximum absolute atomic E-state index is 9.45. The number of rotatable bonds is 1. The van der Waals surface area contributed by atoms with Gasteiger partial charge in [0.2, 0.25) is 0 Å². The smallest absolute Gasteiger partial charge is 0.151 e. The minimum Gasteiger partial charge on any atom is -0.505 e. The van der Waals surface area contributed by atoms with E-state index in [2.05, 4.69) is 47.8 Å². The van der Waals surface area contributed by atoms with Crippen LogP contribution in [0.15, 0.2) is 19.5 Å². The predicted octanol–water partition coefficient (Wildman–Crippen LogP) is 3.69. The van der Waals surface area contributed by atoms with Crippen LogP contribution in [0.4, 0.5) is 0 Å². The van der Waals surface area contributed by atoms with Crippen molar-refractivity contribution in [3.63, 3.8) is 0 Å². The topological polar surface area (TPSA) is 29.5 Å². The molecular weight excluding hydrogens is 356 g/mol. The molecule has 0 bridgehead atoms. The van der Waals surface area contributed by atoms with Crippen molar-refractivity contribution >= 4 is 47.8 Å². The van der Waals surface area contributed by atoms with Gasteiger partial charge >= 0.3 is 0 Å². The molecule has 1 N–H and O–H groups in total. The number of aromatic hydroxyl groups is 1.